The van der Waals surface area contributed by atoms with Crippen molar-refractivity contribution in [3.05, 3.63) is 47.9 Å². The molecule has 1 saturated heterocycles. The standard InChI is InChI=1S/C22H28N2O3/c1-26-18-10-11-19-17(15-18)7-5-13-24(19)22(25)16-23-12-4-2-3-8-20(23)21-9-6-14-27-21/h6,9-11,14-15,20H,2-5,7-8,12-13,16H2,1H3. The number of carbonyl (C=O) groups is 1. The highest BCUT2D eigenvalue weighted by Crippen LogP contribution is 2.33. The van der Waals surface area contributed by atoms with Crippen molar-refractivity contribution >= 4 is 11.6 Å². The van der Waals surface area contributed by atoms with Crippen LogP contribution in [0.25, 0.3) is 0 Å². The molecule has 2 aliphatic heterocycles. The summed E-state index contributed by atoms with van der Waals surface area (Å²) in [5, 5.41) is 0. The van der Waals surface area contributed by atoms with Gasteiger partial charge in [-0.15, -0.1) is 0 Å². The van der Waals surface area contributed by atoms with E-state index in [0.29, 0.717) is 6.54 Å². The highest BCUT2D eigenvalue weighted by atomic mass is 16.5. The summed E-state index contributed by atoms with van der Waals surface area (Å²) in [5.74, 6) is 2.02. The first-order valence-electron chi connectivity index (χ1n) is 10.0. The van der Waals surface area contributed by atoms with Crippen LogP contribution >= 0.6 is 0 Å². The molecule has 1 atom stereocenters. The zero-order valence-electron chi connectivity index (χ0n) is 16.0. The molecule has 1 fully saturated rings. The third-order valence-electron chi connectivity index (χ3n) is 5.78. The number of hydrogen-bond acceptors (Lipinski definition) is 4. The number of carbonyl (C=O) groups excluding carboxylic acids is 1. The molecule has 0 N–H and O–H groups in total. The van der Waals surface area contributed by atoms with Crippen LogP contribution in [0, 0.1) is 0 Å². The maximum absolute atomic E-state index is 13.2. The lowest BCUT2D eigenvalue weighted by atomic mass is 10.0. The Bertz CT molecular complexity index is 772. The minimum atomic E-state index is 0.180. The van der Waals surface area contributed by atoms with Gasteiger partial charge in [0, 0.05) is 12.2 Å². The predicted octanol–water partition coefficient (Wildman–Crippen LogP) is 4.18. The maximum Gasteiger partial charge on any atom is 0.241 e. The zero-order chi connectivity index (χ0) is 18.6. The Morgan fingerprint density at radius 2 is 2.11 bits per heavy atom. The molecule has 2 aromatic rings. The van der Waals surface area contributed by atoms with Gasteiger partial charge in [-0.2, -0.15) is 0 Å². The SMILES string of the molecule is COc1ccc2c(c1)CCCN2C(=O)CN1CCCCCC1c1ccco1. The van der Waals surface area contributed by atoms with Gasteiger partial charge in [0.1, 0.15) is 11.5 Å². The van der Waals surface area contributed by atoms with Gasteiger partial charge in [0.25, 0.3) is 0 Å². The van der Waals surface area contributed by atoms with Gasteiger partial charge in [-0.3, -0.25) is 9.69 Å². The number of likely N-dealkylation sites (tertiary alicyclic amines) is 1. The van der Waals surface area contributed by atoms with Crippen LogP contribution in [0.4, 0.5) is 5.69 Å². The van der Waals surface area contributed by atoms with Crippen LogP contribution in [0.3, 0.4) is 0 Å². The van der Waals surface area contributed by atoms with E-state index in [-0.39, 0.29) is 11.9 Å². The Morgan fingerprint density at radius 1 is 1.19 bits per heavy atom. The van der Waals surface area contributed by atoms with Gasteiger partial charge in [-0.1, -0.05) is 12.8 Å². The van der Waals surface area contributed by atoms with Crippen molar-refractivity contribution in [3.63, 3.8) is 0 Å². The number of rotatable bonds is 4. The second-order valence-electron chi connectivity index (χ2n) is 7.49. The van der Waals surface area contributed by atoms with E-state index in [9.17, 15) is 4.79 Å². The molecule has 144 valence electrons. The lowest BCUT2D eigenvalue weighted by molar-refractivity contribution is -0.120. The van der Waals surface area contributed by atoms with Crippen LogP contribution in [-0.4, -0.2) is 37.6 Å². The molecule has 1 aromatic carbocycles. The van der Waals surface area contributed by atoms with E-state index in [1.165, 1.54) is 18.4 Å². The Morgan fingerprint density at radius 3 is 2.93 bits per heavy atom. The van der Waals surface area contributed by atoms with Crippen molar-refractivity contribution in [1.82, 2.24) is 4.90 Å². The summed E-state index contributed by atoms with van der Waals surface area (Å²) < 4.78 is 11.0. The highest BCUT2D eigenvalue weighted by molar-refractivity contribution is 5.96. The maximum atomic E-state index is 13.2. The summed E-state index contributed by atoms with van der Waals surface area (Å²) in [4.78, 5) is 17.5. The number of hydrogen-bond donors (Lipinski definition) is 0. The van der Waals surface area contributed by atoms with Crippen molar-refractivity contribution < 1.29 is 13.9 Å². The van der Waals surface area contributed by atoms with Gasteiger partial charge in [0.05, 0.1) is 26.0 Å². The van der Waals surface area contributed by atoms with E-state index in [0.717, 1.165) is 56.0 Å². The second kappa shape index (κ2) is 8.17. The Hall–Kier alpha value is -2.27. The molecule has 5 nitrogen and oxygen atoms in total. The van der Waals surface area contributed by atoms with E-state index >= 15 is 0 Å². The number of anilines is 1. The number of aryl methyl sites for hydroxylation is 1. The monoisotopic (exact) mass is 368 g/mol. The van der Waals surface area contributed by atoms with Gasteiger partial charge >= 0.3 is 0 Å². The first kappa shape index (κ1) is 18.1. The Labute approximate surface area is 160 Å². The van der Waals surface area contributed by atoms with Gasteiger partial charge in [-0.25, -0.2) is 0 Å². The number of methoxy groups -OCH3 is 1. The summed E-state index contributed by atoms with van der Waals surface area (Å²) in [6.45, 7) is 2.18. The van der Waals surface area contributed by atoms with Crippen molar-refractivity contribution in [1.29, 1.82) is 0 Å². The van der Waals surface area contributed by atoms with Gasteiger partial charge in [0.15, 0.2) is 0 Å². The smallest absolute Gasteiger partial charge is 0.241 e. The molecule has 5 heteroatoms. The summed E-state index contributed by atoms with van der Waals surface area (Å²) in [6, 6.07) is 10.2. The summed E-state index contributed by atoms with van der Waals surface area (Å²) in [7, 11) is 1.68. The molecule has 0 spiro atoms. The quantitative estimate of drug-likeness (QED) is 0.812. The third-order valence-corrected chi connectivity index (χ3v) is 5.78. The predicted molar refractivity (Wildman–Crippen MR) is 105 cm³/mol. The lowest BCUT2D eigenvalue weighted by Crippen LogP contribution is -2.43. The molecule has 27 heavy (non-hydrogen) atoms. The van der Waals surface area contributed by atoms with Crippen LogP contribution in [0.5, 0.6) is 5.75 Å². The fraction of sp³-hybridized carbons (Fsp3) is 0.500. The van der Waals surface area contributed by atoms with Crippen molar-refractivity contribution in [2.24, 2.45) is 0 Å². The molecule has 1 amide bonds. The molecule has 4 rings (SSSR count). The van der Waals surface area contributed by atoms with Crippen molar-refractivity contribution in [3.8, 4) is 5.75 Å². The molecule has 3 heterocycles. The molecule has 0 saturated carbocycles. The summed E-state index contributed by atoms with van der Waals surface area (Å²) >= 11 is 0. The van der Waals surface area contributed by atoms with Crippen LogP contribution < -0.4 is 9.64 Å². The van der Waals surface area contributed by atoms with E-state index < -0.39 is 0 Å². The summed E-state index contributed by atoms with van der Waals surface area (Å²) in [5.41, 5.74) is 2.24. The van der Waals surface area contributed by atoms with Crippen LogP contribution in [0.15, 0.2) is 41.0 Å². The lowest BCUT2D eigenvalue weighted by Gasteiger charge is -2.33. The first-order valence-corrected chi connectivity index (χ1v) is 10.0. The topological polar surface area (TPSA) is 45.9 Å². The number of amides is 1. The number of nitrogens with zero attached hydrogens (tertiary/aromatic N) is 2. The normalized spacial score (nSPS) is 20.8. The summed E-state index contributed by atoms with van der Waals surface area (Å²) in [6.07, 6.45) is 8.31. The Kier molecular flexibility index (Phi) is 5.48. The minimum absolute atomic E-state index is 0.180. The minimum Gasteiger partial charge on any atom is -0.497 e. The molecule has 0 radical (unpaired) electrons. The second-order valence-corrected chi connectivity index (χ2v) is 7.49. The largest absolute Gasteiger partial charge is 0.497 e. The first-order chi connectivity index (χ1) is 13.3. The molecular formula is C22H28N2O3. The highest BCUT2D eigenvalue weighted by Gasteiger charge is 2.30. The molecular weight excluding hydrogens is 340 g/mol. The number of furan rings is 1. The number of ether oxygens (including phenoxy) is 1. The van der Waals surface area contributed by atoms with Crippen LogP contribution in [-0.2, 0) is 11.2 Å². The zero-order valence-corrected chi connectivity index (χ0v) is 16.0. The van der Waals surface area contributed by atoms with E-state index in [4.69, 9.17) is 9.15 Å². The molecule has 0 aliphatic carbocycles. The molecule has 1 aromatic heterocycles. The number of fused-ring (bicyclic) bond motifs is 1. The molecule has 2 aliphatic rings. The van der Waals surface area contributed by atoms with Crippen LogP contribution in [0.2, 0.25) is 0 Å². The molecule has 1 unspecified atom stereocenters. The van der Waals surface area contributed by atoms with E-state index in [1.807, 2.05) is 29.2 Å². The van der Waals surface area contributed by atoms with Crippen LogP contribution in [0.1, 0.15) is 49.5 Å². The number of benzene rings is 1. The van der Waals surface area contributed by atoms with E-state index in [2.05, 4.69) is 11.0 Å². The van der Waals surface area contributed by atoms with Gasteiger partial charge < -0.3 is 14.1 Å². The molecule has 0 bridgehead atoms. The fourth-order valence-corrected chi connectivity index (χ4v) is 4.38. The van der Waals surface area contributed by atoms with Crippen molar-refractivity contribution in [2.45, 2.75) is 44.6 Å². The fourth-order valence-electron chi connectivity index (χ4n) is 4.38. The van der Waals surface area contributed by atoms with Gasteiger partial charge in [-0.05, 0) is 68.1 Å². The Balaban J connectivity index is 1.53. The average molecular weight is 368 g/mol. The van der Waals surface area contributed by atoms with E-state index in [1.54, 1.807) is 13.4 Å². The third kappa shape index (κ3) is 3.88. The van der Waals surface area contributed by atoms with Gasteiger partial charge in [0.2, 0.25) is 5.91 Å². The average Bonchev–Trinajstić information content (AvgIpc) is 3.14. The van der Waals surface area contributed by atoms with Crippen molar-refractivity contribution in [2.75, 3.05) is 31.6 Å².